The molecule has 2 rings (SSSR count). The normalized spacial score (nSPS) is 10.8. The van der Waals surface area contributed by atoms with Gasteiger partial charge in [0.15, 0.2) is 0 Å². The summed E-state index contributed by atoms with van der Waals surface area (Å²) in [6.07, 6.45) is 8.29. The van der Waals surface area contributed by atoms with Crippen molar-refractivity contribution in [1.82, 2.24) is 4.90 Å². The van der Waals surface area contributed by atoms with Gasteiger partial charge in [-0.15, -0.1) is 0 Å². The SMILES string of the molecule is NCCCCCCCCCCN(C(=O)c1ccc(F)cc1)C(=O)c1ccc(F)cc1. The van der Waals surface area contributed by atoms with E-state index in [9.17, 15) is 18.4 Å². The fourth-order valence-electron chi connectivity index (χ4n) is 3.27. The Hall–Kier alpha value is -2.60. The van der Waals surface area contributed by atoms with Crippen LogP contribution in [-0.4, -0.2) is 29.8 Å². The number of hydrogen-bond acceptors (Lipinski definition) is 3. The molecule has 0 atom stereocenters. The van der Waals surface area contributed by atoms with Crippen LogP contribution in [0.25, 0.3) is 0 Å². The first-order chi connectivity index (χ1) is 14.5. The van der Waals surface area contributed by atoms with Crippen LogP contribution in [0.15, 0.2) is 48.5 Å². The second kappa shape index (κ2) is 12.9. The van der Waals surface area contributed by atoms with Crippen LogP contribution in [0.3, 0.4) is 0 Å². The molecule has 0 aliphatic heterocycles. The van der Waals surface area contributed by atoms with E-state index in [1.54, 1.807) is 0 Å². The van der Waals surface area contributed by atoms with E-state index in [1.165, 1.54) is 59.9 Å². The van der Waals surface area contributed by atoms with Crippen molar-refractivity contribution < 1.29 is 18.4 Å². The molecule has 0 spiro atoms. The average molecular weight is 417 g/mol. The molecule has 0 aliphatic carbocycles. The molecule has 30 heavy (non-hydrogen) atoms. The second-order valence-corrected chi connectivity index (χ2v) is 7.39. The zero-order valence-corrected chi connectivity index (χ0v) is 17.3. The number of imide groups is 1. The quantitative estimate of drug-likeness (QED) is 0.376. The van der Waals surface area contributed by atoms with Gasteiger partial charge < -0.3 is 5.73 Å². The first-order valence-corrected chi connectivity index (χ1v) is 10.6. The Kier molecular flexibility index (Phi) is 10.1. The summed E-state index contributed by atoms with van der Waals surface area (Å²) in [4.78, 5) is 27.0. The molecular formula is C24H30F2N2O2. The third-order valence-electron chi connectivity index (χ3n) is 5.01. The monoisotopic (exact) mass is 416 g/mol. The predicted octanol–water partition coefficient (Wildman–Crippen LogP) is 5.33. The number of rotatable bonds is 12. The van der Waals surface area contributed by atoms with Crippen LogP contribution in [0.4, 0.5) is 8.78 Å². The Morgan fingerprint density at radius 1 is 0.633 bits per heavy atom. The summed E-state index contributed by atoms with van der Waals surface area (Å²) >= 11 is 0. The maximum Gasteiger partial charge on any atom is 0.260 e. The predicted molar refractivity (Wildman–Crippen MR) is 114 cm³/mol. The molecule has 2 aromatic carbocycles. The molecule has 0 fully saturated rings. The summed E-state index contributed by atoms with van der Waals surface area (Å²) in [5.74, 6) is -1.86. The van der Waals surface area contributed by atoms with Gasteiger partial charge in [0.1, 0.15) is 11.6 Å². The van der Waals surface area contributed by atoms with Crippen molar-refractivity contribution in [2.75, 3.05) is 13.1 Å². The molecule has 0 aromatic heterocycles. The molecular weight excluding hydrogens is 386 g/mol. The van der Waals surface area contributed by atoms with E-state index in [1.807, 2.05) is 0 Å². The standard InChI is InChI=1S/C24H30F2N2O2/c25-21-13-9-19(10-14-21)23(29)28(24(30)20-11-15-22(26)16-12-20)18-8-6-4-2-1-3-5-7-17-27/h9-16H,1-8,17-18,27H2. The minimum atomic E-state index is -0.480. The molecule has 0 unspecified atom stereocenters. The van der Waals surface area contributed by atoms with E-state index in [2.05, 4.69) is 0 Å². The lowest BCUT2D eigenvalue weighted by Crippen LogP contribution is -2.37. The van der Waals surface area contributed by atoms with Gasteiger partial charge >= 0.3 is 0 Å². The molecule has 4 nitrogen and oxygen atoms in total. The van der Waals surface area contributed by atoms with Crippen LogP contribution in [0.2, 0.25) is 0 Å². The first-order valence-electron chi connectivity index (χ1n) is 10.6. The average Bonchev–Trinajstić information content (AvgIpc) is 2.75. The Morgan fingerprint density at radius 2 is 1.00 bits per heavy atom. The van der Waals surface area contributed by atoms with E-state index < -0.39 is 23.4 Å². The molecule has 0 radical (unpaired) electrons. The Morgan fingerprint density at radius 3 is 1.40 bits per heavy atom. The Labute approximate surface area is 177 Å². The minimum Gasteiger partial charge on any atom is -0.330 e. The van der Waals surface area contributed by atoms with Crippen molar-refractivity contribution in [3.63, 3.8) is 0 Å². The third kappa shape index (κ3) is 7.67. The molecule has 162 valence electrons. The van der Waals surface area contributed by atoms with Gasteiger partial charge in [-0.25, -0.2) is 8.78 Å². The topological polar surface area (TPSA) is 63.4 Å². The molecule has 6 heteroatoms. The Bertz CT molecular complexity index is 734. The summed E-state index contributed by atoms with van der Waals surface area (Å²) in [6.45, 7) is 1.000. The third-order valence-corrected chi connectivity index (χ3v) is 5.01. The van der Waals surface area contributed by atoms with Gasteiger partial charge in [-0.05, 0) is 67.9 Å². The van der Waals surface area contributed by atoms with Gasteiger partial charge in [-0.3, -0.25) is 14.5 Å². The van der Waals surface area contributed by atoms with Crippen molar-refractivity contribution in [1.29, 1.82) is 0 Å². The van der Waals surface area contributed by atoms with Crippen LogP contribution in [-0.2, 0) is 0 Å². The molecule has 2 aromatic rings. The van der Waals surface area contributed by atoms with Gasteiger partial charge in [-0.2, -0.15) is 0 Å². The van der Waals surface area contributed by atoms with Crippen molar-refractivity contribution in [2.45, 2.75) is 51.4 Å². The number of halogens is 2. The van der Waals surface area contributed by atoms with Gasteiger partial charge in [0.2, 0.25) is 0 Å². The number of benzene rings is 2. The molecule has 2 amide bonds. The number of amides is 2. The lowest BCUT2D eigenvalue weighted by molar-refractivity contribution is 0.0613. The summed E-state index contributed by atoms with van der Waals surface area (Å²) in [5.41, 5.74) is 5.97. The van der Waals surface area contributed by atoms with Gasteiger partial charge in [0, 0.05) is 17.7 Å². The zero-order chi connectivity index (χ0) is 21.8. The highest BCUT2D eigenvalue weighted by atomic mass is 19.1. The number of nitrogens with two attached hydrogens (primary N) is 1. The molecule has 0 aliphatic rings. The summed E-state index contributed by atoms with van der Waals surface area (Å²) in [7, 11) is 0. The first kappa shape index (κ1) is 23.7. The summed E-state index contributed by atoms with van der Waals surface area (Å²) in [6, 6.07) is 10.2. The molecule has 0 saturated carbocycles. The van der Waals surface area contributed by atoms with Crippen LogP contribution in [0, 0.1) is 11.6 Å². The van der Waals surface area contributed by atoms with Crippen LogP contribution < -0.4 is 5.73 Å². The lowest BCUT2D eigenvalue weighted by atomic mass is 10.1. The number of hydrogen-bond donors (Lipinski definition) is 1. The fourth-order valence-corrected chi connectivity index (χ4v) is 3.27. The van der Waals surface area contributed by atoms with E-state index in [0.29, 0.717) is 6.42 Å². The second-order valence-electron chi connectivity index (χ2n) is 7.39. The smallest absolute Gasteiger partial charge is 0.260 e. The minimum absolute atomic E-state index is 0.242. The molecule has 0 saturated heterocycles. The van der Waals surface area contributed by atoms with Crippen molar-refractivity contribution in [3.05, 3.63) is 71.3 Å². The highest BCUT2D eigenvalue weighted by molar-refractivity contribution is 6.10. The van der Waals surface area contributed by atoms with Crippen molar-refractivity contribution in [2.24, 2.45) is 5.73 Å². The summed E-state index contributed by atoms with van der Waals surface area (Å²) < 4.78 is 26.4. The van der Waals surface area contributed by atoms with E-state index >= 15 is 0 Å². The van der Waals surface area contributed by atoms with Crippen LogP contribution in [0.1, 0.15) is 72.1 Å². The number of carbonyl (C=O) groups excluding carboxylic acids is 2. The fraction of sp³-hybridized carbons (Fsp3) is 0.417. The van der Waals surface area contributed by atoms with Crippen LogP contribution in [0.5, 0.6) is 0 Å². The summed E-state index contributed by atoms with van der Waals surface area (Å²) in [5, 5.41) is 0. The van der Waals surface area contributed by atoms with E-state index in [0.717, 1.165) is 45.1 Å². The van der Waals surface area contributed by atoms with Gasteiger partial charge in [0.25, 0.3) is 11.8 Å². The maximum atomic E-state index is 13.2. The van der Waals surface area contributed by atoms with Crippen LogP contribution >= 0.6 is 0 Å². The number of unbranched alkanes of at least 4 members (excludes halogenated alkanes) is 7. The lowest BCUT2D eigenvalue weighted by Gasteiger charge is -2.21. The molecule has 0 bridgehead atoms. The van der Waals surface area contributed by atoms with Gasteiger partial charge in [-0.1, -0.05) is 38.5 Å². The number of nitrogens with zero attached hydrogens (tertiary/aromatic N) is 1. The maximum absolute atomic E-state index is 13.2. The molecule has 2 N–H and O–H groups in total. The highest BCUT2D eigenvalue weighted by Crippen LogP contribution is 2.15. The largest absolute Gasteiger partial charge is 0.330 e. The zero-order valence-electron chi connectivity index (χ0n) is 17.3. The van der Waals surface area contributed by atoms with Gasteiger partial charge in [0.05, 0.1) is 0 Å². The van der Waals surface area contributed by atoms with Crippen molar-refractivity contribution in [3.8, 4) is 0 Å². The highest BCUT2D eigenvalue weighted by Gasteiger charge is 2.23. The number of carbonyl (C=O) groups is 2. The molecule has 0 heterocycles. The van der Waals surface area contributed by atoms with E-state index in [-0.39, 0.29) is 17.7 Å². The van der Waals surface area contributed by atoms with E-state index in [4.69, 9.17) is 5.73 Å². The van der Waals surface area contributed by atoms with Crippen molar-refractivity contribution >= 4 is 11.8 Å². The Balaban J connectivity index is 1.95.